The number of piperidine rings is 1. The largest absolute Gasteiger partial charge is 0.317 e. The summed E-state index contributed by atoms with van der Waals surface area (Å²) in [5.74, 6) is 1.78. The lowest BCUT2D eigenvalue weighted by atomic mass is 9.95. The first-order chi connectivity index (χ1) is 13.2. The predicted octanol–water partition coefficient (Wildman–Crippen LogP) is 2.11. The smallest absolute Gasteiger partial charge is 0.185 e. The van der Waals surface area contributed by atoms with E-state index in [0.29, 0.717) is 6.04 Å². The number of ketones is 1. The topological polar surface area (TPSA) is 60.3 Å². The van der Waals surface area contributed by atoms with Gasteiger partial charge in [-0.15, -0.1) is 0 Å². The van der Waals surface area contributed by atoms with Crippen molar-refractivity contribution < 1.29 is 4.79 Å². The van der Waals surface area contributed by atoms with Gasteiger partial charge in [0.05, 0.1) is 11.3 Å². The van der Waals surface area contributed by atoms with Crippen LogP contribution in [0.4, 0.5) is 5.69 Å². The molecule has 0 bridgehead atoms. The molecule has 1 saturated heterocycles. The van der Waals surface area contributed by atoms with Crippen molar-refractivity contribution >= 4 is 23.1 Å². The zero-order valence-electron chi connectivity index (χ0n) is 15.5. The zero-order valence-corrected chi connectivity index (χ0v) is 15.5. The van der Waals surface area contributed by atoms with Gasteiger partial charge in [0.1, 0.15) is 18.2 Å². The Morgan fingerprint density at radius 1 is 1.22 bits per heavy atom. The summed E-state index contributed by atoms with van der Waals surface area (Å²) in [6.07, 6.45) is 8.73. The highest BCUT2D eigenvalue weighted by Crippen LogP contribution is 2.34. The molecule has 4 aliphatic rings. The summed E-state index contributed by atoms with van der Waals surface area (Å²) in [6.45, 7) is 3.36. The summed E-state index contributed by atoms with van der Waals surface area (Å²) in [7, 11) is 2.05. The van der Waals surface area contributed by atoms with Crippen molar-refractivity contribution in [3.05, 3.63) is 53.3 Å². The van der Waals surface area contributed by atoms with Crippen LogP contribution in [-0.2, 0) is 0 Å². The Hall–Kier alpha value is -2.57. The minimum Gasteiger partial charge on any atom is -0.317 e. The average Bonchev–Trinajstić information content (AvgIpc) is 2.71. The molecule has 5 rings (SSSR count). The lowest BCUT2D eigenvalue weighted by molar-refractivity contribution is 0.0999. The third-order valence-electron chi connectivity index (χ3n) is 5.79. The molecule has 0 aromatic heterocycles. The third-order valence-corrected chi connectivity index (χ3v) is 5.79. The first-order valence-electron chi connectivity index (χ1n) is 9.60. The Balaban J connectivity index is 1.42. The molecule has 0 saturated carbocycles. The van der Waals surface area contributed by atoms with Crippen LogP contribution in [0.1, 0.15) is 28.8 Å². The lowest BCUT2D eigenvalue weighted by Crippen LogP contribution is -2.43. The van der Waals surface area contributed by atoms with E-state index in [1.165, 1.54) is 18.4 Å². The van der Waals surface area contributed by atoms with Crippen molar-refractivity contribution in [2.75, 3.05) is 33.2 Å². The standard InChI is InChI=1S/C21H23N5O/c1-22-15-7-9-25(10-8-15)12-14-5-6-19-24-17-4-2-3-16-18(27)11-23-21(20(16)17)26(19)13-14/h2-6,13,15,22H,7-12H2,1H3. The summed E-state index contributed by atoms with van der Waals surface area (Å²) in [5.41, 5.74) is 3.69. The second-order valence-electron chi connectivity index (χ2n) is 7.48. The monoisotopic (exact) mass is 361 g/mol. The second-order valence-corrected chi connectivity index (χ2v) is 7.48. The molecule has 138 valence electrons. The van der Waals surface area contributed by atoms with Crippen LogP contribution in [0.5, 0.6) is 0 Å². The van der Waals surface area contributed by atoms with Gasteiger partial charge in [0.25, 0.3) is 0 Å². The molecule has 0 atom stereocenters. The molecule has 4 aliphatic heterocycles. The first-order valence-corrected chi connectivity index (χ1v) is 9.60. The van der Waals surface area contributed by atoms with E-state index in [0.717, 1.165) is 48.1 Å². The minimum absolute atomic E-state index is 0.0680. The molecule has 0 aliphatic carbocycles. The summed E-state index contributed by atoms with van der Waals surface area (Å²) in [6, 6.07) is 6.38. The maximum atomic E-state index is 12.2. The number of rotatable bonds is 3. The molecule has 6 heteroatoms. The number of nitrogens with zero attached hydrogens (tertiary/aromatic N) is 4. The number of fused-ring (bicyclic) bond motifs is 2. The number of carbonyl (C=O) groups is 1. The van der Waals surface area contributed by atoms with Crippen molar-refractivity contribution in [1.29, 1.82) is 0 Å². The molecule has 1 aromatic rings. The Kier molecular flexibility index (Phi) is 4.02. The Bertz CT molecular complexity index is 918. The van der Waals surface area contributed by atoms with Crippen molar-refractivity contribution in [3.63, 3.8) is 0 Å². The van der Waals surface area contributed by atoms with Crippen LogP contribution in [0.3, 0.4) is 0 Å². The summed E-state index contributed by atoms with van der Waals surface area (Å²) in [4.78, 5) is 26.1. The molecule has 1 fully saturated rings. The predicted molar refractivity (Wildman–Crippen MR) is 107 cm³/mol. The molecule has 4 heterocycles. The fraction of sp³-hybridized carbons (Fsp3) is 0.381. The van der Waals surface area contributed by atoms with Gasteiger partial charge in [-0.05, 0) is 50.7 Å². The number of amidine groups is 2. The van der Waals surface area contributed by atoms with E-state index in [1.54, 1.807) is 0 Å². The van der Waals surface area contributed by atoms with Crippen LogP contribution in [0.25, 0.3) is 0 Å². The molecule has 0 amide bonds. The van der Waals surface area contributed by atoms with Crippen LogP contribution in [0.15, 0.2) is 52.1 Å². The van der Waals surface area contributed by atoms with Crippen molar-refractivity contribution in [2.45, 2.75) is 18.9 Å². The van der Waals surface area contributed by atoms with Crippen LogP contribution in [0.2, 0.25) is 0 Å². The zero-order chi connectivity index (χ0) is 18.4. The van der Waals surface area contributed by atoms with Crippen molar-refractivity contribution in [2.24, 2.45) is 9.98 Å². The lowest BCUT2D eigenvalue weighted by Gasteiger charge is -2.35. The number of hydrogen-bond acceptors (Lipinski definition) is 6. The molecule has 0 radical (unpaired) electrons. The number of Topliss-reactive ketones (excluding diaryl/α,β-unsaturated/α-hetero) is 1. The van der Waals surface area contributed by atoms with E-state index >= 15 is 0 Å². The van der Waals surface area contributed by atoms with Gasteiger partial charge < -0.3 is 5.32 Å². The summed E-state index contributed by atoms with van der Waals surface area (Å²) in [5, 5.41) is 3.38. The SMILES string of the molecule is CNC1CCN(CC2=CN3C(=Nc4cccc5c4C3=NCC5=O)C=C2)CC1. The quantitative estimate of drug-likeness (QED) is 0.896. The van der Waals surface area contributed by atoms with E-state index in [4.69, 9.17) is 4.99 Å². The first kappa shape index (κ1) is 16.6. The fourth-order valence-electron chi connectivity index (χ4n) is 4.26. The number of benzene rings is 1. The van der Waals surface area contributed by atoms with Gasteiger partial charge >= 0.3 is 0 Å². The Labute approximate surface area is 159 Å². The van der Waals surface area contributed by atoms with E-state index in [9.17, 15) is 4.79 Å². The maximum absolute atomic E-state index is 12.2. The molecular formula is C21H23N5O. The van der Waals surface area contributed by atoms with E-state index in [1.807, 2.05) is 30.1 Å². The second kappa shape index (κ2) is 6.55. The van der Waals surface area contributed by atoms with Crippen LogP contribution >= 0.6 is 0 Å². The van der Waals surface area contributed by atoms with Crippen LogP contribution in [0, 0.1) is 0 Å². The Morgan fingerprint density at radius 3 is 2.89 bits per heavy atom. The number of likely N-dealkylation sites (tertiary alicyclic amines) is 1. The van der Waals surface area contributed by atoms with Crippen LogP contribution < -0.4 is 5.32 Å². The maximum Gasteiger partial charge on any atom is 0.185 e. The van der Waals surface area contributed by atoms with E-state index in [2.05, 4.69) is 33.6 Å². The molecule has 0 spiro atoms. The number of nitrogens with one attached hydrogen (secondary N) is 1. The third kappa shape index (κ3) is 2.85. The fourth-order valence-corrected chi connectivity index (χ4v) is 4.26. The normalized spacial score (nSPS) is 22.0. The molecule has 1 aromatic carbocycles. The molecule has 6 nitrogen and oxygen atoms in total. The van der Waals surface area contributed by atoms with E-state index in [-0.39, 0.29) is 12.3 Å². The van der Waals surface area contributed by atoms with Gasteiger partial charge in [-0.25, -0.2) is 4.99 Å². The van der Waals surface area contributed by atoms with Gasteiger partial charge in [0, 0.05) is 24.4 Å². The van der Waals surface area contributed by atoms with Gasteiger partial charge in [0.15, 0.2) is 5.78 Å². The van der Waals surface area contributed by atoms with Gasteiger partial charge in [0.2, 0.25) is 0 Å². The number of hydrogen-bond donors (Lipinski definition) is 1. The molecular weight excluding hydrogens is 338 g/mol. The average molecular weight is 361 g/mol. The van der Waals surface area contributed by atoms with E-state index < -0.39 is 0 Å². The van der Waals surface area contributed by atoms with Crippen molar-refractivity contribution in [3.8, 4) is 0 Å². The highest BCUT2D eigenvalue weighted by molar-refractivity contribution is 6.25. The molecule has 27 heavy (non-hydrogen) atoms. The van der Waals surface area contributed by atoms with Crippen molar-refractivity contribution in [1.82, 2.24) is 15.1 Å². The highest BCUT2D eigenvalue weighted by atomic mass is 16.1. The molecule has 0 unspecified atom stereocenters. The summed E-state index contributed by atoms with van der Waals surface area (Å²) < 4.78 is 0. The summed E-state index contributed by atoms with van der Waals surface area (Å²) >= 11 is 0. The van der Waals surface area contributed by atoms with Gasteiger partial charge in [-0.2, -0.15) is 0 Å². The van der Waals surface area contributed by atoms with Crippen LogP contribution in [-0.4, -0.2) is 66.5 Å². The number of carbonyl (C=O) groups excluding carboxylic acids is 1. The number of aliphatic imine (C=N–C) groups is 2. The van der Waals surface area contributed by atoms with Gasteiger partial charge in [-0.3, -0.25) is 19.6 Å². The Morgan fingerprint density at radius 2 is 2.07 bits per heavy atom. The van der Waals surface area contributed by atoms with Gasteiger partial charge in [-0.1, -0.05) is 18.2 Å². The highest BCUT2D eigenvalue weighted by Gasteiger charge is 2.32. The minimum atomic E-state index is 0.0680. The molecule has 1 N–H and O–H groups in total.